The molecule has 1 aromatic carbocycles. The zero-order chi connectivity index (χ0) is 16.2. The summed E-state index contributed by atoms with van der Waals surface area (Å²) in [5.41, 5.74) is 1.16. The van der Waals surface area contributed by atoms with Crippen LogP contribution in [-0.2, 0) is 0 Å². The summed E-state index contributed by atoms with van der Waals surface area (Å²) in [4.78, 5) is 4.24. The molecule has 0 aliphatic carbocycles. The Hall–Kier alpha value is -0.630. The van der Waals surface area contributed by atoms with Crippen LogP contribution in [0.5, 0.6) is 5.75 Å². The number of halogens is 1. The highest BCUT2D eigenvalue weighted by Gasteiger charge is 2.07. The van der Waals surface area contributed by atoms with Crippen LogP contribution >= 0.6 is 35.7 Å². The number of aliphatic imine (C=N–C) groups is 1. The van der Waals surface area contributed by atoms with Crippen molar-refractivity contribution in [1.29, 1.82) is 0 Å². The molecule has 0 amide bonds. The summed E-state index contributed by atoms with van der Waals surface area (Å²) in [7, 11) is 1.80. The van der Waals surface area contributed by atoms with Crippen LogP contribution in [0.25, 0.3) is 0 Å². The molecule has 132 valence electrons. The summed E-state index contributed by atoms with van der Waals surface area (Å²) in [5, 5.41) is 6.64. The van der Waals surface area contributed by atoms with Crippen molar-refractivity contribution in [1.82, 2.24) is 10.6 Å². The summed E-state index contributed by atoms with van der Waals surface area (Å²) in [5.74, 6) is 3.00. The molecular weight excluding hydrogens is 421 g/mol. The molecule has 0 saturated carbocycles. The Morgan fingerprint density at radius 2 is 2.00 bits per heavy atom. The molecule has 1 atom stereocenters. The first-order chi connectivity index (χ1) is 10.7. The lowest BCUT2D eigenvalue weighted by Gasteiger charge is -2.18. The minimum absolute atomic E-state index is 0. The van der Waals surface area contributed by atoms with E-state index in [1.165, 1.54) is 12.2 Å². The lowest BCUT2D eigenvalue weighted by Crippen LogP contribution is -2.42. The monoisotopic (exact) mass is 451 g/mol. The van der Waals surface area contributed by atoms with E-state index < -0.39 is 0 Å². The molecule has 0 heterocycles. The van der Waals surface area contributed by atoms with Crippen molar-refractivity contribution in [3.63, 3.8) is 0 Å². The van der Waals surface area contributed by atoms with E-state index in [1.807, 2.05) is 30.0 Å². The Morgan fingerprint density at radius 1 is 1.26 bits per heavy atom. The van der Waals surface area contributed by atoms with Gasteiger partial charge in [-0.3, -0.25) is 4.99 Å². The maximum atomic E-state index is 5.95. The largest absolute Gasteiger partial charge is 0.489 e. The maximum absolute atomic E-state index is 5.95. The predicted molar refractivity (Wildman–Crippen MR) is 114 cm³/mol. The predicted octanol–water partition coefficient (Wildman–Crippen LogP) is 3.69. The summed E-state index contributed by atoms with van der Waals surface area (Å²) < 4.78 is 5.95. The molecule has 0 aromatic heterocycles. The van der Waals surface area contributed by atoms with E-state index in [2.05, 4.69) is 41.8 Å². The van der Waals surface area contributed by atoms with E-state index in [0.717, 1.165) is 36.8 Å². The minimum Gasteiger partial charge on any atom is -0.489 e. The topological polar surface area (TPSA) is 45.7 Å². The summed E-state index contributed by atoms with van der Waals surface area (Å²) in [6, 6.07) is 8.08. The van der Waals surface area contributed by atoms with Gasteiger partial charge in [-0.15, -0.1) is 24.0 Å². The highest BCUT2D eigenvalue weighted by molar-refractivity contribution is 14.0. The number of para-hydroxylation sites is 1. The fourth-order valence-corrected chi connectivity index (χ4v) is 2.48. The number of rotatable bonds is 9. The van der Waals surface area contributed by atoms with Gasteiger partial charge in [-0.2, -0.15) is 11.8 Å². The van der Waals surface area contributed by atoms with Crippen LogP contribution in [0.1, 0.15) is 25.3 Å². The summed E-state index contributed by atoms with van der Waals surface area (Å²) >= 11 is 1.89. The quantitative estimate of drug-likeness (QED) is 0.260. The summed E-state index contributed by atoms with van der Waals surface area (Å²) in [6.45, 7) is 5.79. The van der Waals surface area contributed by atoms with Crippen LogP contribution in [-0.4, -0.2) is 44.2 Å². The number of nitrogens with zero attached hydrogens (tertiary/aromatic N) is 1. The van der Waals surface area contributed by atoms with Crippen LogP contribution in [0.4, 0.5) is 0 Å². The average molecular weight is 451 g/mol. The molecule has 0 fully saturated rings. The molecule has 0 aliphatic rings. The van der Waals surface area contributed by atoms with Gasteiger partial charge in [-0.25, -0.2) is 0 Å². The van der Waals surface area contributed by atoms with E-state index in [1.54, 1.807) is 7.05 Å². The smallest absolute Gasteiger partial charge is 0.191 e. The molecule has 0 bridgehead atoms. The van der Waals surface area contributed by atoms with Gasteiger partial charge in [0.2, 0.25) is 0 Å². The van der Waals surface area contributed by atoms with Gasteiger partial charge in [-0.1, -0.05) is 18.2 Å². The SMILES string of the molecule is CN=C(NCCCCSC)NCC(C)Oc1ccccc1C.I. The minimum atomic E-state index is 0. The molecule has 0 spiro atoms. The van der Waals surface area contributed by atoms with Crippen LogP contribution in [0.3, 0.4) is 0 Å². The zero-order valence-corrected chi connectivity index (χ0v) is 17.7. The van der Waals surface area contributed by atoms with E-state index >= 15 is 0 Å². The van der Waals surface area contributed by atoms with Gasteiger partial charge in [0, 0.05) is 13.6 Å². The van der Waals surface area contributed by atoms with E-state index in [0.29, 0.717) is 0 Å². The van der Waals surface area contributed by atoms with Crippen LogP contribution < -0.4 is 15.4 Å². The third kappa shape index (κ3) is 9.96. The van der Waals surface area contributed by atoms with Gasteiger partial charge in [0.25, 0.3) is 0 Å². The van der Waals surface area contributed by atoms with Gasteiger partial charge < -0.3 is 15.4 Å². The average Bonchev–Trinajstić information content (AvgIpc) is 2.52. The Morgan fingerprint density at radius 3 is 2.65 bits per heavy atom. The van der Waals surface area contributed by atoms with Crippen LogP contribution in [0, 0.1) is 6.92 Å². The number of nitrogens with one attached hydrogen (secondary N) is 2. The van der Waals surface area contributed by atoms with Crippen LogP contribution in [0.2, 0.25) is 0 Å². The molecule has 1 aromatic rings. The first kappa shape index (κ1) is 22.4. The Kier molecular flexibility index (Phi) is 13.4. The molecular formula is C17H30IN3OS. The summed E-state index contributed by atoms with van der Waals surface area (Å²) in [6.07, 6.45) is 4.62. The maximum Gasteiger partial charge on any atom is 0.191 e. The van der Waals surface area contributed by atoms with Crippen molar-refractivity contribution in [3.05, 3.63) is 29.8 Å². The third-order valence-electron chi connectivity index (χ3n) is 3.27. The highest BCUT2D eigenvalue weighted by Crippen LogP contribution is 2.17. The van der Waals surface area contributed by atoms with E-state index in [9.17, 15) is 0 Å². The number of unbranched alkanes of at least 4 members (excludes halogenated alkanes) is 1. The number of aryl methyl sites for hydroxylation is 1. The van der Waals surface area contributed by atoms with Gasteiger partial charge in [0.1, 0.15) is 11.9 Å². The van der Waals surface area contributed by atoms with Crippen molar-refractivity contribution in [2.24, 2.45) is 4.99 Å². The standard InChI is InChI=1S/C17H29N3OS.HI/c1-14-9-5-6-10-16(14)21-15(2)13-20-17(18-3)19-11-7-8-12-22-4;/h5-6,9-10,15H,7-8,11-13H2,1-4H3,(H2,18,19,20);1H. The lowest BCUT2D eigenvalue weighted by atomic mass is 10.2. The molecule has 0 radical (unpaired) electrons. The second-order valence-electron chi connectivity index (χ2n) is 5.27. The van der Waals surface area contributed by atoms with E-state index in [-0.39, 0.29) is 30.1 Å². The molecule has 0 saturated heterocycles. The van der Waals surface area contributed by atoms with Crippen molar-refractivity contribution >= 4 is 41.7 Å². The molecule has 0 aliphatic heterocycles. The van der Waals surface area contributed by atoms with Crippen molar-refractivity contribution in [2.45, 2.75) is 32.8 Å². The molecule has 23 heavy (non-hydrogen) atoms. The van der Waals surface area contributed by atoms with Crippen molar-refractivity contribution in [2.75, 3.05) is 32.1 Å². The highest BCUT2D eigenvalue weighted by atomic mass is 127. The normalized spacial score (nSPS) is 12.3. The Labute approximate surface area is 162 Å². The Bertz CT molecular complexity index is 457. The number of ether oxygens (including phenoxy) is 1. The molecule has 2 N–H and O–H groups in total. The molecule has 6 heteroatoms. The fraction of sp³-hybridized carbons (Fsp3) is 0.588. The first-order valence-corrected chi connectivity index (χ1v) is 9.22. The van der Waals surface area contributed by atoms with Crippen molar-refractivity contribution < 1.29 is 4.74 Å². The van der Waals surface area contributed by atoms with Crippen LogP contribution in [0.15, 0.2) is 29.3 Å². The first-order valence-electron chi connectivity index (χ1n) is 7.83. The molecule has 4 nitrogen and oxygen atoms in total. The Balaban J connectivity index is 0.00000484. The van der Waals surface area contributed by atoms with Gasteiger partial charge >= 0.3 is 0 Å². The second kappa shape index (κ2) is 13.8. The van der Waals surface area contributed by atoms with Gasteiger partial charge in [-0.05, 0) is 50.3 Å². The number of hydrogen-bond donors (Lipinski definition) is 2. The lowest BCUT2D eigenvalue weighted by molar-refractivity contribution is 0.222. The number of benzene rings is 1. The molecule has 1 rings (SSSR count). The van der Waals surface area contributed by atoms with E-state index in [4.69, 9.17) is 4.74 Å². The number of hydrogen-bond acceptors (Lipinski definition) is 3. The van der Waals surface area contributed by atoms with Gasteiger partial charge in [0.05, 0.1) is 6.54 Å². The third-order valence-corrected chi connectivity index (χ3v) is 3.97. The zero-order valence-electron chi connectivity index (χ0n) is 14.6. The second-order valence-corrected chi connectivity index (χ2v) is 6.26. The number of thioether (sulfide) groups is 1. The molecule has 1 unspecified atom stereocenters. The van der Waals surface area contributed by atoms with Crippen molar-refractivity contribution in [3.8, 4) is 5.75 Å². The number of guanidine groups is 1. The van der Waals surface area contributed by atoms with Gasteiger partial charge in [0.15, 0.2) is 5.96 Å². The fourth-order valence-electron chi connectivity index (χ4n) is 1.99.